The Morgan fingerprint density at radius 1 is 1.15 bits per heavy atom. The maximum absolute atomic E-state index is 14.7. The van der Waals surface area contributed by atoms with Gasteiger partial charge in [-0.1, -0.05) is 6.07 Å². The number of halogens is 1. The molecule has 0 spiro atoms. The maximum atomic E-state index is 14.7. The van der Waals surface area contributed by atoms with E-state index in [-0.39, 0.29) is 23.7 Å². The number of piperidine rings is 2. The highest BCUT2D eigenvalue weighted by molar-refractivity contribution is 6.00. The van der Waals surface area contributed by atoms with Crippen LogP contribution in [0.25, 0.3) is 21.9 Å². The Morgan fingerprint density at radius 3 is 2.60 bits per heavy atom. The molecule has 2 fully saturated rings. The predicted octanol–water partition coefficient (Wildman–Crippen LogP) is 3.75. The molecule has 0 bridgehead atoms. The van der Waals surface area contributed by atoms with Gasteiger partial charge in [0.2, 0.25) is 11.8 Å². The molecule has 2 aliphatic rings. The van der Waals surface area contributed by atoms with Gasteiger partial charge >= 0.3 is 11.8 Å². The van der Waals surface area contributed by atoms with Crippen molar-refractivity contribution in [1.29, 1.82) is 0 Å². The second-order valence-corrected chi connectivity index (χ2v) is 13.4. The molecule has 1 unspecified atom stereocenters. The number of hydrogen-bond donors (Lipinski definition) is 2. The van der Waals surface area contributed by atoms with Crippen molar-refractivity contribution in [1.82, 2.24) is 29.1 Å². The Balaban J connectivity index is 1.09. The molecule has 6 rings (SSSR count). The van der Waals surface area contributed by atoms with Gasteiger partial charge in [0.05, 0.1) is 34.5 Å². The maximum Gasteiger partial charge on any atom is 0.412 e. The van der Waals surface area contributed by atoms with Crippen molar-refractivity contribution in [3.63, 3.8) is 0 Å². The molecule has 2 aromatic heterocycles. The number of hydrogen-bond acceptors (Lipinski definition) is 8. The number of para-hydroxylation sites is 1. The van der Waals surface area contributed by atoms with Crippen molar-refractivity contribution in [3.05, 3.63) is 52.8 Å². The van der Waals surface area contributed by atoms with E-state index in [1.165, 1.54) is 10.6 Å². The number of nitrogens with one attached hydrogen (secondary N) is 2. The summed E-state index contributed by atoms with van der Waals surface area (Å²) in [7, 11) is 3.82. The van der Waals surface area contributed by atoms with Crippen LogP contribution in [0.4, 0.5) is 20.6 Å². The first-order valence-electron chi connectivity index (χ1n) is 15.9. The van der Waals surface area contributed by atoms with Crippen LogP contribution < -0.4 is 21.2 Å². The lowest BCUT2D eigenvalue weighted by molar-refractivity contribution is -0.135. The molecule has 0 aliphatic carbocycles. The molecule has 2 N–H and O–H groups in total. The second-order valence-electron chi connectivity index (χ2n) is 13.4. The lowest BCUT2D eigenvalue weighted by Gasteiger charge is -2.38. The van der Waals surface area contributed by atoms with Crippen LogP contribution in [-0.2, 0) is 27.9 Å². The molecule has 3 amide bonds. The summed E-state index contributed by atoms with van der Waals surface area (Å²) in [6.45, 7) is 8.17. The third-order valence-corrected chi connectivity index (χ3v) is 8.99. The number of likely N-dealkylation sites (N-methyl/N-ethyl adjacent to an activating group) is 1. The van der Waals surface area contributed by atoms with Crippen molar-refractivity contribution < 1.29 is 23.5 Å². The number of amides is 3. The fourth-order valence-electron chi connectivity index (χ4n) is 6.61. The van der Waals surface area contributed by atoms with E-state index in [4.69, 9.17) is 4.74 Å². The summed E-state index contributed by atoms with van der Waals surface area (Å²) in [5.41, 5.74) is 1.98. The zero-order chi connectivity index (χ0) is 33.6. The highest BCUT2D eigenvalue weighted by Crippen LogP contribution is 2.32. The number of imide groups is 1. The van der Waals surface area contributed by atoms with Gasteiger partial charge in [0.1, 0.15) is 17.5 Å². The van der Waals surface area contributed by atoms with Crippen LogP contribution in [0.15, 0.2) is 41.3 Å². The first-order valence-corrected chi connectivity index (χ1v) is 15.9. The number of aryl methyl sites for hydroxylation is 1. The minimum Gasteiger partial charge on any atom is -0.444 e. The third-order valence-electron chi connectivity index (χ3n) is 8.99. The van der Waals surface area contributed by atoms with E-state index in [1.54, 1.807) is 43.1 Å². The van der Waals surface area contributed by atoms with Crippen LogP contribution in [0.3, 0.4) is 0 Å². The van der Waals surface area contributed by atoms with Crippen LogP contribution in [-0.4, -0.2) is 80.0 Å². The summed E-state index contributed by atoms with van der Waals surface area (Å²) in [5.74, 6) is -1.34. The fraction of sp³-hybridized carbons (Fsp3) is 0.485. The van der Waals surface area contributed by atoms with Gasteiger partial charge in [-0.3, -0.25) is 34.0 Å². The van der Waals surface area contributed by atoms with E-state index in [2.05, 4.69) is 32.6 Å². The van der Waals surface area contributed by atoms with Crippen LogP contribution >= 0.6 is 0 Å². The molecule has 1 atom stereocenters. The zero-order valence-electron chi connectivity index (χ0n) is 27.4. The minimum absolute atomic E-state index is 0.0403. The molecule has 250 valence electrons. The molecule has 2 aromatic carbocycles. The molecule has 4 heterocycles. The van der Waals surface area contributed by atoms with Crippen molar-refractivity contribution in [2.75, 3.05) is 36.9 Å². The molecule has 13 nitrogen and oxygen atoms in total. The smallest absolute Gasteiger partial charge is 0.412 e. The number of carbonyl (C=O) groups is 3. The molecular formula is C33H41FN8O5. The third kappa shape index (κ3) is 6.59. The van der Waals surface area contributed by atoms with E-state index in [0.717, 1.165) is 43.7 Å². The Bertz CT molecular complexity index is 1910. The highest BCUT2D eigenvalue weighted by atomic mass is 19.1. The standard InChI is InChI=1S/C33H41FN8O5/c1-33(2,3)47-31(45)35-24-17-20-19-41(37-23(20)18-22(24)34)16-15-38(4)21-11-13-40(14-12-21)25-7-6-8-26-29(25)39(5)32(46)42(26)27-9-10-28(43)36-30(27)44/h6-8,17-19,21,27H,9-16H2,1-5H3,(H,35,45)(H,36,43,44). The summed E-state index contributed by atoms with van der Waals surface area (Å²) in [6, 6.07) is 8.28. The van der Waals surface area contributed by atoms with Crippen LogP contribution in [0.1, 0.15) is 52.5 Å². The quantitative estimate of drug-likeness (QED) is 0.290. The lowest BCUT2D eigenvalue weighted by Crippen LogP contribution is -2.44. The average Bonchev–Trinajstić information content (AvgIpc) is 3.52. The summed E-state index contributed by atoms with van der Waals surface area (Å²) in [4.78, 5) is 54.4. The number of imidazole rings is 1. The lowest BCUT2D eigenvalue weighted by atomic mass is 10.0. The summed E-state index contributed by atoms with van der Waals surface area (Å²) in [6.07, 6.45) is 3.45. The monoisotopic (exact) mass is 648 g/mol. The molecule has 2 saturated heterocycles. The minimum atomic E-state index is -0.721. The Morgan fingerprint density at radius 2 is 1.89 bits per heavy atom. The Hall–Kier alpha value is -4.72. The van der Waals surface area contributed by atoms with Gasteiger partial charge in [-0.15, -0.1) is 0 Å². The largest absolute Gasteiger partial charge is 0.444 e. The van der Waals surface area contributed by atoms with Gasteiger partial charge in [0, 0.05) is 56.8 Å². The number of aromatic nitrogens is 4. The zero-order valence-corrected chi connectivity index (χ0v) is 27.4. The average molecular weight is 649 g/mol. The van der Waals surface area contributed by atoms with Gasteiger partial charge in [0.15, 0.2) is 0 Å². The first kappa shape index (κ1) is 32.2. The van der Waals surface area contributed by atoms with Crippen molar-refractivity contribution in [2.24, 2.45) is 7.05 Å². The number of nitrogens with zero attached hydrogens (tertiary/aromatic N) is 6. The summed E-state index contributed by atoms with van der Waals surface area (Å²) in [5, 5.41) is 10.1. The second kappa shape index (κ2) is 12.5. The van der Waals surface area contributed by atoms with Crippen molar-refractivity contribution in [3.8, 4) is 0 Å². The van der Waals surface area contributed by atoms with E-state index in [0.29, 0.717) is 35.4 Å². The SMILES string of the molecule is CN(CCn1cc2cc(NC(=O)OC(C)(C)C)c(F)cc2n1)C1CCN(c2cccc3c2n(C)c(=O)n3C2CCC(=O)NC2=O)CC1. The Labute approximate surface area is 271 Å². The van der Waals surface area contributed by atoms with E-state index < -0.39 is 29.5 Å². The van der Waals surface area contributed by atoms with Crippen molar-refractivity contribution >= 4 is 51.2 Å². The molecule has 0 saturated carbocycles. The van der Waals surface area contributed by atoms with E-state index in [9.17, 15) is 23.6 Å². The number of ether oxygens (including phenoxy) is 1. The predicted molar refractivity (Wildman–Crippen MR) is 176 cm³/mol. The van der Waals surface area contributed by atoms with Gasteiger partial charge in [-0.2, -0.15) is 5.10 Å². The number of benzene rings is 2. The number of carbonyl (C=O) groups excluding carboxylic acids is 3. The van der Waals surface area contributed by atoms with Crippen LogP contribution in [0.5, 0.6) is 0 Å². The molecule has 14 heteroatoms. The fourth-order valence-corrected chi connectivity index (χ4v) is 6.61. The number of fused-ring (bicyclic) bond motifs is 2. The normalized spacial score (nSPS) is 17.9. The van der Waals surface area contributed by atoms with Gasteiger partial charge in [-0.25, -0.2) is 14.0 Å². The molecule has 0 radical (unpaired) electrons. The van der Waals surface area contributed by atoms with Gasteiger partial charge in [-0.05, 0) is 65.3 Å². The topological polar surface area (TPSA) is 136 Å². The van der Waals surface area contributed by atoms with Gasteiger partial charge < -0.3 is 14.5 Å². The van der Waals surface area contributed by atoms with Crippen molar-refractivity contribution in [2.45, 2.75) is 70.7 Å². The number of rotatable bonds is 7. The van der Waals surface area contributed by atoms with E-state index >= 15 is 0 Å². The molecule has 4 aromatic rings. The molecule has 2 aliphatic heterocycles. The first-order chi connectivity index (χ1) is 22.3. The highest BCUT2D eigenvalue weighted by Gasteiger charge is 2.32. The summed E-state index contributed by atoms with van der Waals surface area (Å²) >= 11 is 0. The Kier molecular flexibility index (Phi) is 8.55. The summed E-state index contributed by atoms with van der Waals surface area (Å²) < 4.78 is 24.9. The van der Waals surface area contributed by atoms with Crippen LogP contribution in [0.2, 0.25) is 0 Å². The van der Waals surface area contributed by atoms with Crippen LogP contribution in [0, 0.1) is 5.82 Å². The van der Waals surface area contributed by atoms with Gasteiger partial charge in [0.25, 0.3) is 0 Å². The number of anilines is 2. The molecular weight excluding hydrogens is 607 g/mol. The molecule has 47 heavy (non-hydrogen) atoms. The van der Waals surface area contributed by atoms with E-state index in [1.807, 2.05) is 24.4 Å².